The van der Waals surface area contributed by atoms with Crippen molar-refractivity contribution in [3.8, 4) is 0 Å². The molecule has 0 radical (unpaired) electrons. The second-order valence-electron chi connectivity index (χ2n) is 8.50. The first kappa shape index (κ1) is 22.1. The molecule has 27 heavy (non-hydrogen) atoms. The minimum atomic E-state index is -0.167. The van der Waals surface area contributed by atoms with Gasteiger partial charge in [0.1, 0.15) is 11.6 Å². The molecule has 1 aromatic rings. The van der Waals surface area contributed by atoms with Gasteiger partial charge >= 0.3 is 0 Å². The predicted octanol–water partition coefficient (Wildman–Crippen LogP) is 7.98. The van der Waals surface area contributed by atoms with E-state index in [1.54, 1.807) is 12.1 Å². The third-order valence-electron chi connectivity index (χ3n) is 6.30. The molecule has 1 saturated carbocycles. The maximum Gasteiger partial charge on any atom is 0.135 e. The highest BCUT2D eigenvalue weighted by Gasteiger charge is 2.26. The van der Waals surface area contributed by atoms with Gasteiger partial charge in [0, 0.05) is 12.3 Å². The summed E-state index contributed by atoms with van der Waals surface area (Å²) in [6, 6.07) is 6.92. The van der Waals surface area contributed by atoms with E-state index < -0.39 is 0 Å². The van der Waals surface area contributed by atoms with Crippen molar-refractivity contribution in [1.29, 1.82) is 0 Å². The lowest BCUT2D eigenvalue weighted by molar-refractivity contribution is -0.124. The summed E-state index contributed by atoms with van der Waals surface area (Å²) < 4.78 is 13.1. The van der Waals surface area contributed by atoms with Crippen molar-refractivity contribution in [2.75, 3.05) is 0 Å². The van der Waals surface area contributed by atoms with Crippen LogP contribution in [-0.2, 0) is 4.79 Å². The second kappa shape index (κ2) is 13.1. The lowest BCUT2D eigenvalue weighted by Crippen LogP contribution is -2.21. The lowest BCUT2D eigenvalue weighted by atomic mass is 9.76. The van der Waals surface area contributed by atoms with E-state index in [2.05, 4.69) is 6.92 Å². The van der Waals surface area contributed by atoms with Crippen LogP contribution in [0.15, 0.2) is 24.3 Å². The molecule has 0 unspecified atom stereocenters. The van der Waals surface area contributed by atoms with Crippen LogP contribution >= 0.6 is 0 Å². The van der Waals surface area contributed by atoms with Gasteiger partial charge in [-0.25, -0.2) is 4.39 Å². The first-order valence-electron chi connectivity index (χ1n) is 11.5. The maximum atomic E-state index is 13.1. The van der Waals surface area contributed by atoms with Crippen molar-refractivity contribution < 1.29 is 9.18 Å². The van der Waals surface area contributed by atoms with Crippen LogP contribution in [0.5, 0.6) is 0 Å². The summed E-state index contributed by atoms with van der Waals surface area (Å²) in [4.78, 5) is 12.5. The van der Waals surface area contributed by atoms with E-state index in [4.69, 9.17) is 0 Å². The highest BCUT2D eigenvalue weighted by atomic mass is 19.1. The number of benzene rings is 1. The van der Waals surface area contributed by atoms with E-state index in [-0.39, 0.29) is 11.7 Å². The van der Waals surface area contributed by atoms with Crippen LogP contribution in [0.4, 0.5) is 4.39 Å². The van der Waals surface area contributed by atoms with E-state index >= 15 is 0 Å². The number of carbonyl (C=O) groups is 1. The SMILES string of the molecule is CCCCCCCCCCCCC(=O)C1CCC(c2ccc(F)cc2)CC1. The van der Waals surface area contributed by atoms with Crippen LogP contribution in [0.1, 0.15) is 115 Å². The summed E-state index contributed by atoms with van der Waals surface area (Å²) >= 11 is 0. The van der Waals surface area contributed by atoms with Gasteiger partial charge in [-0.2, -0.15) is 0 Å². The Bertz CT molecular complexity index is 514. The van der Waals surface area contributed by atoms with Crippen LogP contribution in [0.2, 0.25) is 0 Å². The molecule has 0 aliphatic heterocycles. The first-order valence-corrected chi connectivity index (χ1v) is 11.5. The molecule has 0 amide bonds. The molecule has 2 heteroatoms. The van der Waals surface area contributed by atoms with Crippen molar-refractivity contribution in [2.24, 2.45) is 5.92 Å². The van der Waals surface area contributed by atoms with Gasteiger partial charge in [-0.15, -0.1) is 0 Å². The molecule has 1 nitrogen and oxygen atoms in total. The molecular weight excluding hydrogens is 335 g/mol. The van der Waals surface area contributed by atoms with Crippen LogP contribution in [0.25, 0.3) is 0 Å². The number of Topliss-reactive ketones (excluding diaryl/α,β-unsaturated/α-hetero) is 1. The van der Waals surface area contributed by atoms with Crippen molar-refractivity contribution in [1.82, 2.24) is 0 Å². The van der Waals surface area contributed by atoms with Crippen molar-refractivity contribution in [2.45, 2.75) is 109 Å². The minimum Gasteiger partial charge on any atom is -0.299 e. The number of carbonyl (C=O) groups excluding carboxylic acids is 1. The molecule has 0 N–H and O–H groups in total. The van der Waals surface area contributed by atoms with E-state index in [9.17, 15) is 9.18 Å². The van der Waals surface area contributed by atoms with Crippen molar-refractivity contribution in [3.63, 3.8) is 0 Å². The fourth-order valence-electron chi connectivity index (χ4n) is 4.47. The number of unbranched alkanes of at least 4 members (excludes halogenated alkanes) is 9. The zero-order valence-corrected chi connectivity index (χ0v) is 17.4. The van der Waals surface area contributed by atoms with E-state index in [1.807, 2.05) is 12.1 Å². The highest BCUT2D eigenvalue weighted by molar-refractivity contribution is 5.81. The largest absolute Gasteiger partial charge is 0.299 e. The van der Waals surface area contributed by atoms with Crippen LogP contribution in [-0.4, -0.2) is 5.78 Å². The Morgan fingerprint density at radius 3 is 1.89 bits per heavy atom. The fraction of sp³-hybridized carbons (Fsp3) is 0.720. The summed E-state index contributed by atoms with van der Waals surface area (Å²) in [7, 11) is 0. The van der Waals surface area contributed by atoms with Gasteiger partial charge in [0.25, 0.3) is 0 Å². The average Bonchev–Trinajstić information content (AvgIpc) is 2.70. The summed E-state index contributed by atoms with van der Waals surface area (Å²) in [5, 5.41) is 0. The second-order valence-corrected chi connectivity index (χ2v) is 8.50. The Morgan fingerprint density at radius 2 is 1.33 bits per heavy atom. The highest BCUT2D eigenvalue weighted by Crippen LogP contribution is 2.36. The predicted molar refractivity (Wildman–Crippen MR) is 113 cm³/mol. The van der Waals surface area contributed by atoms with Crippen LogP contribution < -0.4 is 0 Å². The third kappa shape index (κ3) is 8.58. The van der Waals surface area contributed by atoms with E-state index in [1.165, 1.54) is 63.4 Å². The molecule has 0 spiro atoms. The molecule has 152 valence electrons. The van der Waals surface area contributed by atoms with Gasteiger partial charge in [-0.1, -0.05) is 76.8 Å². The Hall–Kier alpha value is -1.18. The van der Waals surface area contributed by atoms with Gasteiger partial charge in [0.2, 0.25) is 0 Å². The van der Waals surface area contributed by atoms with Crippen LogP contribution in [0.3, 0.4) is 0 Å². The Morgan fingerprint density at radius 1 is 0.815 bits per heavy atom. The Kier molecular flexibility index (Phi) is 10.7. The first-order chi connectivity index (χ1) is 13.2. The maximum absolute atomic E-state index is 13.1. The monoisotopic (exact) mass is 374 g/mol. The lowest BCUT2D eigenvalue weighted by Gasteiger charge is -2.28. The standard InChI is InChI=1S/C25H39FO/c1-2-3-4-5-6-7-8-9-10-11-12-25(27)23-15-13-21(14-16-23)22-17-19-24(26)20-18-22/h17-21,23H,2-16H2,1H3. The smallest absolute Gasteiger partial charge is 0.135 e. The van der Waals surface area contributed by atoms with Gasteiger partial charge in [0.05, 0.1) is 0 Å². The molecule has 1 aliphatic carbocycles. The number of hydrogen-bond donors (Lipinski definition) is 0. The molecule has 1 aromatic carbocycles. The molecule has 0 bridgehead atoms. The van der Waals surface area contributed by atoms with Gasteiger partial charge < -0.3 is 0 Å². The number of halogens is 1. The minimum absolute atomic E-state index is 0.167. The third-order valence-corrected chi connectivity index (χ3v) is 6.30. The Labute approximate surface area is 166 Å². The molecule has 2 rings (SSSR count). The molecule has 1 aliphatic rings. The summed E-state index contributed by atoms with van der Waals surface area (Å²) in [5.41, 5.74) is 1.23. The fourth-order valence-corrected chi connectivity index (χ4v) is 4.47. The zero-order valence-electron chi connectivity index (χ0n) is 17.4. The van der Waals surface area contributed by atoms with Crippen LogP contribution in [0, 0.1) is 11.7 Å². The number of hydrogen-bond acceptors (Lipinski definition) is 1. The summed E-state index contributed by atoms with van der Waals surface area (Å²) in [5.74, 6) is 1.11. The van der Waals surface area contributed by atoms with E-state index in [0.717, 1.165) is 38.5 Å². The molecule has 0 atom stereocenters. The zero-order chi connectivity index (χ0) is 19.3. The van der Waals surface area contributed by atoms with Crippen molar-refractivity contribution >= 4 is 5.78 Å². The summed E-state index contributed by atoms with van der Waals surface area (Å²) in [6.07, 6.45) is 18.1. The molecule has 1 fully saturated rings. The quantitative estimate of drug-likeness (QED) is 0.320. The Balaban J connectivity index is 1.50. The molecule has 0 heterocycles. The van der Waals surface area contributed by atoms with Gasteiger partial charge in [-0.05, 0) is 55.7 Å². The number of rotatable bonds is 13. The number of ketones is 1. The normalized spacial score (nSPS) is 19.9. The van der Waals surface area contributed by atoms with Crippen molar-refractivity contribution in [3.05, 3.63) is 35.6 Å². The molecular formula is C25H39FO. The van der Waals surface area contributed by atoms with Gasteiger partial charge in [0.15, 0.2) is 0 Å². The average molecular weight is 375 g/mol. The summed E-state index contributed by atoms with van der Waals surface area (Å²) in [6.45, 7) is 2.26. The molecule has 0 saturated heterocycles. The van der Waals surface area contributed by atoms with E-state index in [0.29, 0.717) is 11.7 Å². The molecule has 0 aromatic heterocycles. The van der Waals surface area contributed by atoms with Gasteiger partial charge in [-0.3, -0.25) is 4.79 Å². The topological polar surface area (TPSA) is 17.1 Å².